The fourth-order valence-electron chi connectivity index (χ4n) is 3.27. The molecule has 1 saturated carbocycles. The molecule has 1 aromatic carbocycles. The van der Waals surface area contributed by atoms with Gasteiger partial charge in [-0.2, -0.15) is 0 Å². The summed E-state index contributed by atoms with van der Waals surface area (Å²) in [7, 11) is 0. The Morgan fingerprint density at radius 2 is 2.00 bits per heavy atom. The molecule has 3 rings (SSSR count). The van der Waals surface area contributed by atoms with Crippen molar-refractivity contribution in [3.63, 3.8) is 0 Å². The maximum Gasteiger partial charge on any atom is 0.314 e. The second kappa shape index (κ2) is 5.41. The average molecular weight is 303 g/mol. The molecule has 112 valence electrons. The molecular weight excluding hydrogens is 282 g/mol. The Morgan fingerprint density at radius 1 is 1.29 bits per heavy atom. The molecule has 1 fully saturated rings. The molecule has 0 atom stereocenters. The van der Waals surface area contributed by atoms with Crippen molar-refractivity contribution in [1.82, 2.24) is 4.98 Å². The lowest BCUT2D eigenvalue weighted by Crippen LogP contribution is -2.37. The predicted octanol–water partition coefficient (Wildman–Crippen LogP) is 4.71. The van der Waals surface area contributed by atoms with Gasteiger partial charge in [0.05, 0.1) is 20.6 Å². The lowest BCUT2D eigenvalue weighted by Gasteiger charge is -2.33. The molecule has 1 aliphatic rings. The van der Waals surface area contributed by atoms with E-state index in [4.69, 9.17) is 0 Å². The van der Waals surface area contributed by atoms with Gasteiger partial charge >= 0.3 is 5.97 Å². The van der Waals surface area contributed by atoms with Gasteiger partial charge in [-0.25, -0.2) is 4.98 Å². The fourth-order valence-corrected chi connectivity index (χ4v) is 4.28. The molecule has 0 bridgehead atoms. The molecule has 0 spiro atoms. The molecule has 0 aliphatic heterocycles. The van der Waals surface area contributed by atoms with Gasteiger partial charge in [-0.1, -0.05) is 39.2 Å². The van der Waals surface area contributed by atoms with E-state index >= 15 is 0 Å². The molecular formula is C17H21NO2S. The predicted molar refractivity (Wildman–Crippen MR) is 86.1 cm³/mol. The van der Waals surface area contributed by atoms with Crippen LogP contribution < -0.4 is 0 Å². The standard InChI is InChI=1S/C17H21NO2S/c1-11(2)15-18-13-7-6-12(10-14(13)21-15)17(16(19)20)8-4-3-5-9-17/h6-7,10-11H,3-5,8-9H2,1-2H3,(H,19,20). The van der Waals surface area contributed by atoms with Gasteiger partial charge in [0.15, 0.2) is 0 Å². The van der Waals surface area contributed by atoms with Crippen LogP contribution in [0, 0.1) is 0 Å². The molecule has 1 N–H and O–H groups in total. The van der Waals surface area contributed by atoms with Crippen LogP contribution in [0.5, 0.6) is 0 Å². The molecule has 3 nitrogen and oxygen atoms in total. The zero-order valence-electron chi connectivity index (χ0n) is 12.6. The van der Waals surface area contributed by atoms with Crippen molar-refractivity contribution in [3.8, 4) is 0 Å². The van der Waals surface area contributed by atoms with Crippen LogP contribution in [-0.4, -0.2) is 16.1 Å². The Labute approximate surface area is 129 Å². The Balaban J connectivity index is 2.08. The maximum absolute atomic E-state index is 11.9. The molecule has 0 saturated heterocycles. The van der Waals surface area contributed by atoms with Crippen molar-refractivity contribution in [2.24, 2.45) is 0 Å². The average Bonchev–Trinajstić information content (AvgIpc) is 2.91. The van der Waals surface area contributed by atoms with Crippen molar-refractivity contribution in [3.05, 3.63) is 28.8 Å². The molecule has 2 aromatic rings. The van der Waals surface area contributed by atoms with Gasteiger partial charge in [-0.15, -0.1) is 11.3 Å². The second-order valence-corrected chi connectivity index (χ2v) is 7.40. The minimum atomic E-state index is -0.686. The summed E-state index contributed by atoms with van der Waals surface area (Å²) in [5.41, 5.74) is 1.26. The number of rotatable bonds is 3. The summed E-state index contributed by atoms with van der Waals surface area (Å²) in [6.07, 6.45) is 4.66. The number of benzene rings is 1. The van der Waals surface area contributed by atoms with Crippen molar-refractivity contribution >= 4 is 27.5 Å². The summed E-state index contributed by atoms with van der Waals surface area (Å²) in [5, 5.41) is 10.9. The summed E-state index contributed by atoms with van der Waals surface area (Å²) in [5.74, 6) is -0.260. The topological polar surface area (TPSA) is 50.2 Å². The van der Waals surface area contributed by atoms with Crippen LogP contribution in [0.25, 0.3) is 10.2 Å². The molecule has 1 aromatic heterocycles. The molecule has 0 amide bonds. The van der Waals surface area contributed by atoms with Crippen LogP contribution in [0.1, 0.15) is 62.4 Å². The third-order valence-electron chi connectivity index (χ3n) is 4.57. The number of nitrogens with zero attached hydrogens (tertiary/aromatic N) is 1. The van der Waals surface area contributed by atoms with Crippen molar-refractivity contribution in [1.29, 1.82) is 0 Å². The number of hydrogen-bond acceptors (Lipinski definition) is 3. The van der Waals surface area contributed by atoms with Crippen LogP contribution in [0.3, 0.4) is 0 Å². The summed E-state index contributed by atoms with van der Waals surface area (Å²) >= 11 is 1.69. The van der Waals surface area contributed by atoms with Crippen LogP contribution >= 0.6 is 11.3 Å². The van der Waals surface area contributed by atoms with Gasteiger partial charge < -0.3 is 5.11 Å². The largest absolute Gasteiger partial charge is 0.481 e. The maximum atomic E-state index is 11.9. The zero-order chi connectivity index (χ0) is 15.0. The van der Waals surface area contributed by atoms with Crippen molar-refractivity contribution < 1.29 is 9.90 Å². The van der Waals surface area contributed by atoms with E-state index in [2.05, 4.69) is 24.9 Å². The summed E-state index contributed by atoms with van der Waals surface area (Å²) in [6.45, 7) is 4.27. The van der Waals surface area contributed by atoms with E-state index in [-0.39, 0.29) is 0 Å². The SMILES string of the molecule is CC(C)c1nc2ccc(C3(C(=O)O)CCCCC3)cc2s1. The lowest BCUT2D eigenvalue weighted by atomic mass is 9.69. The molecule has 0 unspecified atom stereocenters. The van der Waals surface area contributed by atoms with Gasteiger partial charge in [0, 0.05) is 5.92 Å². The normalized spacial score (nSPS) is 18.2. The number of thiazole rings is 1. The van der Waals surface area contributed by atoms with Crippen LogP contribution in [0.4, 0.5) is 0 Å². The van der Waals surface area contributed by atoms with Crippen molar-refractivity contribution in [2.45, 2.75) is 57.3 Å². The molecule has 4 heteroatoms. The number of aliphatic carboxylic acids is 1. The Morgan fingerprint density at radius 3 is 2.62 bits per heavy atom. The fraction of sp³-hybridized carbons (Fsp3) is 0.529. The summed E-state index contributed by atoms with van der Waals surface area (Å²) < 4.78 is 1.11. The zero-order valence-corrected chi connectivity index (χ0v) is 13.4. The van der Waals surface area contributed by atoms with Crippen LogP contribution in [0.15, 0.2) is 18.2 Å². The Hall–Kier alpha value is -1.42. The highest BCUT2D eigenvalue weighted by atomic mass is 32.1. The van der Waals surface area contributed by atoms with E-state index in [0.717, 1.165) is 52.9 Å². The Bertz CT molecular complexity index is 668. The minimum absolute atomic E-state index is 0.411. The van der Waals surface area contributed by atoms with Crippen molar-refractivity contribution in [2.75, 3.05) is 0 Å². The van der Waals surface area contributed by atoms with Gasteiger partial charge in [0.1, 0.15) is 0 Å². The van der Waals surface area contributed by atoms with E-state index in [0.29, 0.717) is 5.92 Å². The monoisotopic (exact) mass is 303 g/mol. The summed E-state index contributed by atoms with van der Waals surface area (Å²) in [4.78, 5) is 16.6. The Kier molecular flexibility index (Phi) is 3.74. The molecule has 1 heterocycles. The number of aromatic nitrogens is 1. The first-order valence-electron chi connectivity index (χ1n) is 7.67. The number of carboxylic acids is 1. The highest BCUT2D eigenvalue weighted by Crippen LogP contribution is 2.41. The quantitative estimate of drug-likeness (QED) is 0.893. The van der Waals surface area contributed by atoms with Gasteiger partial charge in [-0.05, 0) is 30.5 Å². The van der Waals surface area contributed by atoms with Crippen LogP contribution in [0.2, 0.25) is 0 Å². The van der Waals surface area contributed by atoms with E-state index in [1.165, 1.54) is 0 Å². The first-order chi connectivity index (χ1) is 10.0. The summed E-state index contributed by atoms with van der Waals surface area (Å²) in [6, 6.07) is 6.04. The number of carboxylic acid groups (broad SMARTS) is 1. The van der Waals surface area contributed by atoms with Gasteiger partial charge in [0.2, 0.25) is 0 Å². The third kappa shape index (κ3) is 2.46. The highest BCUT2D eigenvalue weighted by Gasteiger charge is 2.41. The first-order valence-corrected chi connectivity index (χ1v) is 8.49. The van der Waals surface area contributed by atoms with E-state index in [1.807, 2.05) is 12.1 Å². The molecule has 0 radical (unpaired) electrons. The third-order valence-corrected chi connectivity index (χ3v) is 5.89. The number of hydrogen-bond donors (Lipinski definition) is 1. The highest BCUT2D eigenvalue weighted by molar-refractivity contribution is 7.18. The second-order valence-electron chi connectivity index (χ2n) is 6.34. The lowest BCUT2D eigenvalue weighted by molar-refractivity contribution is -0.145. The molecule has 1 aliphatic carbocycles. The van der Waals surface area contributed by atoms with Gasteiger partial charge in [-0.3, -0.25) is 4.79 Å². The van der Waals surface area contributed by atoms with E-state index in [9.17, 15) is 9.90 Å². The smallest absolute Gasteiger partial charge is 0.314 e. The minimum Gasteiger partial charge on any atom is -0.481 e. The first kappa shape index (κ1) is 14.5. The number of fused-ring (bicyclic) bond motifs is 1. The van der Waals surface area contributed by atoms with E-state index in [1.54, 1.807) is 11.3 Å². The molecule has 21 heavy (non-hydrogen) atoms. The van der Waals surface area contributed by atoms with Gasteiger partial charge in [0.25, 0.3) is 0 Å². The van der Waals surface area contributed by atoms with E-state index < -0.39 is 11.4 Å². The number of carbonyl (C=O) groups is 1. The van der Waals surface area contributed by atoms with Crippen LogP contribution in [-0.2, 0) is 10.2 Å².